The van der Waals surface area contributed by atoms with E-state index in [0.717, 1.165) is 66.3 Å². The molecular formula is C40H23N3O2. The highest BCUT2D eigenvalue weighted by Gasteiger charge is 2.23. The molecule has 6 aromatic carbocycles. The highest BCUT2D eigenvalue weighted by molar-refractivity contribution is 6.21. The smallest absolute Gasteiger partial charge is 0.159 e. The molecule has 0 aliphatic rings. The Labute approximate surface area is 256 Å². The first-order valence-electron chi connectivity index (χ1n) is 15.0. The molecule has 0 N–H and O–H groups in total. The molecule has 4 heterocycles. The zero-order valence-corrected chi connectivity index (χ0v) is 23.9. The number of hydrogen-bond acceptors (Lipinski definition) is 5. The van der Waals surface area contributed by atoms with Crippen molar-refractivity contribution in [1.29, 1.82) is 0 Å². The molecule has 0 aliphatic heterocycles. The van der Waals surface area contributed by atoms with E-state index >= 15 is 0 Å². The van der Waals surface area contributed by atoms with Gasteiger partial charge in [-0.1, -0.05) is 78.9 Å². The number of benzene rings is 6. The first-order valence-corrected chi connectivity index (χ1v) is 15.0. The Morgan fingerprint density at radius 1 is 0.444 bits per heavy atom. The molecule has 4 aromatic heterocycles. The quantitative estimate of drug-likeness (QED) is 0.196. The monoisotopic (exact) mass is 577 g/mol. The Bertz CT molecular complexity index is 2680. The van der Waals surface area contributed by atoms with E-state index in [1.165, 1.54) is 26.9 Å². The van der Waals surface area contributed by atoms with Gasteiger partial charge in [-0.25, -0.2) is 0 Å². The van der Waals surface area contributed by atoms with E-state index in [9.17, 15) is 0 Å². The number of hydrogen-bond donors (Lipinski definition) is 0. The van der Waals surface area contributed by atoms with Crippen molar-refractivity contribution in [3.8, 4) is 0 Å². The molecule has 0 saturated carbocycles. The van der Waals surface area contributed by atoms with Gasteiger partial charge in [-0.15, -0.1) is 0 Å². The minimum atomic E-state index is 0.754. The highest BCUT2D eigenvalue weighted by Crippen LogP contribution is 2.46. The minimum Gasteiger partial charge on any atom is -0.452 e. The fourth-order valence-electron chi connectivity index (χ4n) is 7.00. The van der Waals surface area contributed by atoms with E-state index in [1.54, 1.807) is 12.4 Å². The second-order valence-electron chi connectivity index (χ2n) is 11.4. The lowest BCUT2D eigenvalue weighted by Crippen LogP contribution is -2.10. The van der Waals surface area contributed by atoms with E-state index < -0.39 is 0 Å². The molecule has 0 bridgehead atoms. The van der Waals surface area contributed by atoms with Crippen LogP contribution in [0.25, 0.3) is 76.2 Å². The van der Waals surface area contributed by atoms with Crippen molar-refractivity contribution in [2.45, 2.75) is 0 Å². The van der Waals surface area contributed by atoms with Gasteiger partial charge in [-0.05, 0) is 68.7 Å². The largest absolute Gasteiger partial charge is 0.452 e. The van der Waals surface area contributed by atoms with E-state index in [-0.39, 0.29) is 0 Å². The van der Waals surface area contributed by atoms with Crippen molar-refractivity contribution in [3.63, 3.8) is 0 Å². The van der Waals surface area contributed by atoms with Gasteiger partial charge < -0.3 is 13.7 Å². The molecule has 0 radical (unpaired) electrons. The van der Waals surface area contributed by atoms with Gasteiger partial charge in [-0.3, -0.25) is 9.97 Å². The van der Waals surface area contributed by atoms with E-state index in [2.05, 4.69) is 118 Å². The third-order valence-electron chi connectivity index (χ3n) is 9.01. The zero-order chi connectivity index (χ0) is 29.5. The average molecular weight is 578 g/mol. The molecule has 0 fully saturated rings. The summed E-state index contributed by atoms with van der Waals surface area (Å²) in [6.45, 7) is 0. The number of pyridine rings is 2. The highest BCUT2D eigenvalue weighted by atomic mass is 16.3. The maximum atomic E-state index is 6.53. The second kappa shape index (κ2) is 9.15. The van der Waals surface area contributed by atoms with Crippen LogP contribution in [0.4, 0.5) is 17.1 Å². The van der Waals surface area contributed by atoms with Crippen LogP contribution in [0.2, 0.25) is 0 Å². The number of aromatic nitrogens is 2. The maximum Gasteiger partial charge on any atom is 0.159 e. The van der Waals surface area contributed by atoms with Gasteiger partial charge >= 0.3 is 0 Å². The molecule has 10 rings (SSSR count). The first-order chi connectivity index (χ1) is 22.3. The van der Waals surface area contributed by atoms with Crippen molar-refractivity contribution in [2.24, 2.45) is 0 Å². The molecule has 0 spiro atoms. The average Bonchev–Trinajstić information content (AvgIpc) is 3.68. The topological polar surface area (TPSA) is 55.3 Å². The van der Waals surface area contributed by atoms with Crippen LogP contribution in [0.1, 0.15) is 0 Å². The van der Waals surface area contributed by atoms with Gasteiger partial charge in [0.15, 0.2) is 22.3 Å². The fourth-order valence-corrected chi connectivity index (χ4v) is 7.00. The molecule has 45 heavy (non-hydrogen) atoms. The van der Waals surface area contributed by atoms with E-state index in [0.29, 0.717) is 0 Å². The van der Waals surface area contributed by atoms with Crippen LogP contribution in [0.5, 0.6) is 0 Å². The van der Waals surface area contributed by atoms with Crippen LogP contribution in [0.15, 0.2) is 149 Å². The lowest BCUT2D eigenvalue weighted by atomic mass is 9.96. The summed E-state index contributed by atoms with van der Waals surface area (Å²) in [5.41, 5.74) is 5.93. The molecular weight excluding hydrogens is 554 g/mol. The molecule has 210 valence electrons. The van der Waals surface area contributed by atoms with Gasteiger partial charge in [-0.2, -0.15) is 0 Å². The SMILES string of the molecule is c1ccc2c(c1)ccc1ccc3cc(N(c4cccc5c4oc4cnccc45)c4cccc5c4oc4cnccc45)ccc3c12. The van der Waals surface area contributed by atoms with Gasteiger partial charge in [0.25, 0.3) is 0 Å². The number of rotatable bonds is 3. The van der Waals surface area contributed by atoms with Crippen LogP contribution >= 0.6 is 0 Å². The minimum absolute atomic E-state index is 0.754. The van der Waals surface area contributed by atoms with Crippen LogP contribution in [0, 0.1) is 0 Å². The summed E-state index contributed by atoms with van der Waals surface area (Å²) in [5.74, 6) is 0. The van der Waals surface area contributed by atoms with Gasteiger partial charge in [0.05, 0.1) is 23.8 Å². The fraction of sp³-hybridized carbons (Fsp3) is 0. The molecule has 5 heteroatoms. The summed E-state index contributed by atoms with van der Waals surface area (Å²) in [6, 6.07) is 40.8. The summed E-state index contributed by atoms with van der Waals surface area (Å²) in [5, 5.41) is 11.5. The summed E-state index contributed by atoms with van der Waals surface area (Å²) >= 11 is 0. The van der Waals surface area contributed by atoms with Crippen LogP contribution in [-0.2, 0) is 0 Å². The van der Waals surface area contributed by atoms with Gasteiger partial charge in [0, 0.05) is 39.6 Å². The Morgan fingerprint density at radius 2 is 1.02 bits per heavy atom. The Hall–Kier alpha value is -6.20. The molecule has 0 atom stereocenters. The number of para-hydroxylation sites is 2. The standard InChI is InChI=1S/C40H23N3O2/c1-2-6-28-24(5-1)11-12-25-13-14-26-21-27(15-16-29(26)38(25)28)43(34-9-3-7-32-30-17-19-41-22-36(30)44-39(32)34)35-10-4-8-33-31-18-20-42-23-37(31)45-40(33)35/h1-23H. The molecule has 0 unspecified atom stereocenters. The lowest BCUT2D eigenvalue weighted by Gasteiger charge is -2.26. The van der Waals surface area contributed by atoms with Crippen molar-refractivity contribution in [2.75, 3.05) is 4.90 Å². The first kappa shape index (κ1) is 24.3. The summed E-state index contributed by atoms with van der Waals surface area (Å²) in [7, 11) is 0. The van der Waals surface area contributed by atoms with Crippen LogP contribution in [0.3, 0.4) is 0 Å². The third-order valence-corrected chi connectivity index (χ3v) is 9.01. The number of fused-ring (bicyclic) bond motifs is 11. The Kier molecular flexibility index (Phi) is 4.93. The number of furan rings is 2. The van der Waals surface area contributed by atoms with E-state index in [1.807, 2.05) is 24.5 Å². The summed E-state index contributed by atoms with van der Waals surface area (Å²) in [6.07, 6.45) is 7.17. The Morgan fingerprint density at radius 3 is 1.71 bits per heavy atom. The predicted octanol–water partition coefficient (Wildman–Crippen LogP) is 11.2. The van der Waals surface area contributed by atoms with Gasteiger partial charge in [0.2, 0.25) is 0 Å². The molecule has 0 aliphatic carbocycles. The van der Waals surface area contributed by atoms with E-state index in [4.69, 9.17) is 8.83 Å². The summed E-state index contributed by atoms with van der Waals surface area (Å²) < 4.78 is 13.1. The predicted molar refractivity (Wildman–Crippen MR) is 184 cm³/mol. The van der Waals surface area contributed by atoms with Crippen molar-refractivity contribution in [1.82, 2.24) is 9.97 Å². The van der Waals surface area contributed by atoms with Gasteiger partial charge in [0.1, 0.15) is 0 Å². The molecule has 10 aromatic rings. The normalized spacial score (nSPS) is 12.0. The Balaban J connectivity index is 1.29. The van der Waals surface area contributed by atoms with Crippen LogP contribution in [-0.4, -0.2) is 9.97 Å². The summed E-state index contributed by atoms with van der Waals surface area (Å²) in [4.78, 5) is 10.9. The van der Waals surface area contributed by atoms with Crippen LogP contribution < -0.4 is 4.90 Å². The maximum absolute atomic E-state index is 6.53. The van der Waals surface area contributed by atoms with Crippen molar-refractivity contribution in [3.05, 3.63) is 140 Å². The molecule has 0 amide bonds. The molecule has 5 nitrogen and oxygen atoms in total. The lowest BCUT2D eigenvalue weighted by molar-refractivity contribution is 0.664. The van der Waals surface area contributed by atoms with Crippen molar-refractivity contribution >= 4 is 93.3 Å². The second-order valence-corrected chi connectivity index (χ2v) is 11.4. The van der Waals surface area contributed by atoms with Crippen molar-refractivity contribution < 1.29 is 8.83 Å². The zero-order valence-electron chi connectivity index (χ0n) is 23.9. The number of nitrogens with zero attached hydrogens (tertiary/aromatic N) is 3. The molecule has 0 saturated heterocycles. The number of anilines is 3. The third kappa shape index (κ3) is 3.49.